The first-order chi connectivity index (χ1) is 10.2. The monoisotopic (exact) mass is 352 g/mol. The first-order valence-corrected chi connectivity index (χ1v) is 12.2. The lowest BCUT2D eigenvalue weighted by Gasteiger charge is -2.30. The lowest BCUT2D eigenvalue weighted by atomic mass is 10.2. The van der Waals surface area contributed by atoms with Crippen LogP contribution in [0.15, 0.2) is 0 Å². The summed E-state index contributed by atoms with van der Waals surface area (Å²) in [5.74, 6) is 2.01. The van der Waals surface area contributed by atoms with Gasteiger partial charge in [-0.05, 0) is 50.3 Å². The Morgan fingerprint density at radius 2 is 1.00 bits per heavy atom. The summed E-state index contributed by atoms with van der Waals surface area (Å²) in [6.45, 7) is 5.78. The summed E-state index contributed by atoms with van der Waals surface area (Å²) in [7, 11) is -1.95. The zero-order chi connectivity index (χ0) is 15.8. The van der Waals surface area contributed by atoms with E-state index in [1.807, 2.05) is 0 Å². The standard InChI is InChI=1S/C16H36O2S2Si/c1-3-17-21(18-4-2,15-11-7-5-9-13-19)16-12-8-6-10-14-20/h19-20H,3-16H2,1-2H3. The Hall–Kier alpha value is 0.837. The molecule has 0 radical (unpaired) electrons. The molecule has 0 bridgehead atoms. The van der Waals surface area contributed by atoms with E-state index in [-0.39, 0.29) is 0 Å². The van der Waals surface area contributed by atoms with Crippen molar-refractivity contribution < 1.29 is 8.85 Å². The normalized spacial score (nSPS) is 12.0. The third kappa shape index (κ3) is 12.0. The van der Waals surface area contributed by atoms with Crippen molar-refractivity contribution in [1.82, 2.24) is 0 Å². The molecule has 0 fully saturated rings. The zero-order valence-corrected chi connectivity index (χ0v) is 16.9. The second kappa shape index (κ2) is 15.7. The molecule has 0 saturated carbocycles. The van der Waals surface area contributed by atoms with Gasteiger partial charge in [-0.3, -0.25) is 0 Å². The zero-order valence-electron chi connectivity index (χ0n) is 14.1. The fourth-order valence-corrected chi connectivity index (χ4v) is 6.69. The van der Waals surface area contributed by atoms with E-state index < -0.39 is 8.56 Å². The largest absolute Gasteiger partial charge is 0.394 e. The molecular weight excluding hydrogens is 316 g/mol. The molecule has 0 aromatic rings. The molecule has 0 heterocycles. The molecule has 0 amide bonds. The summed E-state index contributed by atoms with van der Waals surface area (Å²) in [5.41, 5.74) is 0. The lowest BCUT2D eigenvalue weighted by Crippen LogP contribution is -2.42. The van der Waals surface area contributed by atoms with Gasteiger partial charge in [-0.25, -0.2) is 0 Å². The van der Waals surface area contributed by atoms with Crippen molar-refractivity contribution >= 4 is 33.8 Å². The van der Waals surface area contributed by atoms with Crippen molar-refractivity contribution in [2.75, 3.05) is 24.7 Å². The van der Waals surface area contributed by atoms with E-state index in [0.29, 0.717) is 0 Å². The van der Waals surface area contributed by atoms with Crippen LogP contribution in [0.2, 0.25) is 12.1 Å². The Labute approximate surface area is 144 Å². The van der Waals surface area contributed by atoms with Crippen LogP contribution in [0.25, 0.3) is 0 Å². The van der Waals surface area contributed by atoms with E-state index in [1.165, 1.54) is 51.4 Å². The van der Waals surface area contributed by atoms with E-state index in [9.17, 15) is 0 Å². The van der Waals surface area contributed by atoms with E-state index >= 15 is 0 Å². The van der Waals surface area contributed by atoms with E-state index in [1.54, 1.807) is 0 Å². The molecule has 21 heavy (non-hydrogen) atoms. The van der Waals surface area contributed by atoms with Crippen molar-refractivity contribution in [2.45, 2.75) is 77.3 Å². The van der Waals surface area contributed by atoms with E-state index in [0.717, 1.165) is 36.8 Å². The van der Waals surface area contributed by atoms with Gasteiger partial charge >= 0.3 is 8.56 Å². The van der Waals surface area contributed by atoms with Crippen LogP contribution in [0.5, 0.6) is 0 Å². The summed E-state index contributed by atoms with van der Waals surface area (Å²) in [5, 5.41) is 0. The van der Waals surface area contributed by atoms with Crippen molar-refractivity contribution in [2.24, 2.45) is 0 Å². The molecule has 0 aliphatic heterocycles. The Balaban J connectivity index is 4.16. The molecule has 0 saturated heterocycles. The first kappa shape index (κ1) is 21.8. The Morgan fingerprint density at radius 1 is 0.619 bits per heavy atom. The second-order valence-electron chi connectivity index (χ2n) is 5.55. The van der Waals surface area contributed by atoms with Gasteiger partial charge in [0.15, 0.2) is 0 Å². The van der Waals surface area contributed by atoms with Gasteiger partial charge in [0.25, 0.3) is 0 Å². The molecule has 128 valence electrons. The summed E-state index contributed by atoms with van der Waals surface area (Å²) in [6, 6.07) is 2.32. The summed E-state index contributed by atoms with van der Waals surface area (Å²) >= 11 is 8.55. The van der Waals surface area contributed by atoms with Crippen molar-refractivity contribution in [1.29, 1.82) is 0 Å². The van der Waals surface area contributed by atoms with Gasteiger partial charge in [0, 0.05) is 13.2 Å². The van der Waals surface area contributed by atoms with Crippen molar-refractivity contribution in [3.8, 4) is 0 Å². The predicted molar refractivity (Wildman–Crippen MR) is 103 cm³/mol. The van der Waals surface area contributed by atoms with Gasteiger partial charge in [-0.1, -0.05) is 38.5 Å². The third-order valence-electron chi connectivity index (χ3n) is 3.75. The molecule has 0 unspecified atom stereocenters. The smallest absolute Gasteiger partial charge is 0.338 e. The van der Waals surface area contributed by atoms with Gasteiger partial charge in [0.1, 0.15) is 0 Å². The van der Waals surface area contributed by atoms with Crippen LogP contribution < -0.4 is 0 Å². The average molecular weight is 353 g/mol. The minimum atomic E-state index is -1.95. The highest BCUT2D eigenvalue weighted by Crippen LogP contribution is 2.26. The minimum absolute atomic E-state index is 0.791. The second-order valence-corrected chi connectivity index (χ2v) is 9.85. The molecule has 0 rings (SSSR count). The van der Waals surface area contributed by atoms with Gasteiger partial charge < -0.3 is 8.85 Å². The third-order valence-corrected chi connectivity index (χ3v) is 8.24. The quantitative estimate of drug-likeness (QED) is 0.218. The van der Waals surface area contributed by atoms with Crippen LogP contribution in [0.3, 0.4) is 0 Å². The van der Waals surface area contributed by atoms with Crippen LogP contribution in [-0.2, 0) is 8.85 Å². The van der Waals surface area contributed by atoms with E-state index in [2.05, 4.69) is 39.1 Å². The van der Waals surface area contributed by atoms with Crippen molar-refractivity contribution in [3.63, 3.8) is 0 Å². The average Bonchev–Trinajstić information content (AvgIpc) is 2.47. The minimum Gasteiger partial charge on any atom is -0.394 e. The molecule has 0 aromatic carbocycles. The fourth-order valence-electron chi connectivity index (χ4n) is 2.70. The lowest BCUT2D eigenvalue weighted by molar-refractivity contribution is 0.180. The number of hydrogen-bond donors (Lipinski definition) is 2. The Bertz CT molecular complexity index is 196. The molecule has 0 N–H and O–H groups in total. The van der Waals surface area contributed by atoms with Crippen LogP contribution in [0, 0.1) is 0 Å². The van der Waals surface area contributed by atoms with Gasteiger partial charge in [-0.15, -0.1) is 0 Å². The molecule has 0 spiro atoms. The summed E-state index contributed by atoms with van der Waals surface area (Å²) < 4.78 is 12.3. The molecule has 0 aliphatic rings. The molecule has 0 atom stereocenters. The highest BCUT2D eigenvalue weighted by Gasteiger charge is 2.35. The predicted octanol–water partition coefficient (Wildman–Crippen LogP) is 5.48. The SMILES string of the molecule is CCO[Si](CCCCCCS)(CCCCCCS)OCC. The van der Waals surface area contributed by atoms with Crippen LogP contribution in [-0.4, -0.2) is 33.3 Å². The van der Waals surface area contributed by atoms with Gasteiger partial charge in [-0.2, -0.15) is 25.3 Å². The highest BCUT2D eigenvalue weighted by molar-refractivity contribution is 7.80. The maximum Gasteiger partial charge on any atom is 0.338 e. The number of rotatable bonds is 16. The molecule has 5 heteroatoms. The molecule has 0 aromatic heterocycles. The van der Waals surface area contributed by atoms with Crippen LogP contribution >= 0.6 is 25.3 Å². The van der Waals surface area contributed by atoms with Crippen LogP contribution in [0.1, 0.15) is 65.2 Å². The number of thiol groups is 2. The first-order valence-electron chi connectivity index (χ1n) is 8.74. The topological polar surface area (TPSA) is 18.5 Å². The van der Waals surface area contributed by atoms with Gasteiger partial charge in [0.05, 0.1) is 0 Å². The summed E-state index contributed by atoms with van der Waals surface area (Å²) in [4.78, 5) is 0. The number of unbranched alkanes of at least 4 members (excludes halogenated alkanes) is 6. The van der Waals surface area contributed by atoms with Crippen molar-refractivity contribution in [3.05, 3.63) is 0 Å². The Kier molecular flexibility index (Phi) is 16.3. The highest BCUT2D eigenvalue weighted by atomic mass is 32.1. The maximum atomic E-state index is 6.17. The molecular formula is C16H36O2S2Si. The Morgan fingerprint density at radius 3 is 1.33 bits per heavy atom. The van der Waals surface area contributed by atoms with Gasteiger partial charge in [0.2, 0.25) is 0 Å². The number of hydrogen-bond acceptors (Lipinski definition) is 4. The maximum absolute atomic E-state index is 6.17. The van der Waals surface area contributed by atoms with Crippen LogP contribution in [0.4, 0.5) is 0 Å². The summed E-state index contributed by atoms with van der Waals surface area (Å²) in [6.07, 6.45) is 10.1. The molecule has 0 aliphatic carbocycles. The van der Waals surface area contributed by atoms with E-state index in [4.69, 9.17) is 8.85 Å². The molecule has 2 nitrogen and oxygen atoms in total. The fraction of sp³-hybridized carbons (Fsp3) is 1.00.